The maximum absolute atomic E-state index is 13.5. The summed E-state index contributed by atoms with van der Waals surface area (Å²) >= 11 is 23.8. The fraction of sp³-hybridized carbons (Fsp3) is 0.0682. The number of amides is 1. The van der Waals surface area contributed by atoms with E-state index in [1.54, 1.807) is 6.07 Å². The molecule has 8 rings (SSSR count). The third-order valence-corrected chi connectivity index (χ3v) is 15.0. The number of carbonyl (C=O) groups excluding carboxylic acids is 3. The molecule has 2 heterocycles. The van der Waals surface area contributed by atoms with Gasteiger partial charge in [0.1, 0.15) is 31.2 Å². The van der Waals surface area contributed by atoms with Crippen LogP contribution in [0, 0.1) is 6.92 Å². The first-order valence-electron chi connectivity index (χ1n) is 21.5. The molecule has 10 N–H and O–H groups in total. The standard InChI is InChI=1S/C26H17Cl2N3O8S2.C18H16Cl2N8O9S2.2Na/c27-12-7-13(28)9-15(8-12)31-18-10-14(5-6-20(18)40(34,35)36)30-19-11-21(41(37,38)39)24(29)23-22(19)25(32)16-3-1-2-4-17(16)26(23)33;1-3-28-14(30)11(13(21)29)6(2)12(15(28)31)27-26-8-4-7(22-18-24-16(19)23-17(20)25-18)9(38-37-36-32)5-10(8)39(33,34)35;;/h1-11,30-31H,29H2,(H,34,35,36)(H,37,38,39);4-5,30,32H,3H2,1-2H3,(H2,21,29)(H,33,34,35)(H,22,23,24,25);;/q;;2*+1/p-2. The van der Waals surface area contributed by atoms with Crippen LogP contribution < -0.4 is 97.3 Å². The number of carbonyl (C=O) groups is 3. The van der Waals surface area contributed by atoms with Gasteiger partial charge < -0.3 is 42.3 Å². The van der Waals surface area contributed by atoms with E-state index in [1.165, 1.54) is 62.4 Å². The second-order valence-electron chi connectivity index (χ2n) is 16.0. The minimum atomic E-state index is -5.25. The number of nitrogens with one attached hydrogen (secondary N) is 3. The molecule has 0 saturated heterocycles. The van der Waals surface area contributed by atoms with E-state index in [0.717, 1.165) is 28.8 Å². The summed E-state index contributed by atoms with van der Waals surface area (Å²) in [5, 5.41) is 39.5. The number of aromatic hydroxyl groups is 1. The second-order valence-corrected chi connectivity index (χ2v) is 22.4. The number of nitrogen functional groups attached to an aromatic ring is 1. The molecule has 82 heavy (non-hydrogen) atoms. The SMILES string of the molecule is CCn1c(O)c(C(N)=O)c(C)c(N=Nc2cc(Nc3nc(Cl)nc(Cl)n3)c(SOO[O-])cc2S(=O)(=O)[O-])c1=O.Nc1c(S(=O)(=O)O)cc(Nc2ccc(S(=O)(=O)O)c(Nc3cc(Cl)cc(Cl)c3)c2)c2c1C(=O)c1ccccc1C2=O.[Na+].[Na+]. The van der Waals surface area contributed by atoms with Gasteiger partial charge in [-0.15, -0.1) is 10.2 Å². The Morgan fingerprint density at radius 2 is 1.32 bits per heavy atom. The smallest absolute Gasteiger partial charge is 0.744 e. The van der Waals surface area contributed by atoms with Gasteiger partial charge in [0.15, 0.2) is 17.3 Å². The molecule has 418 valence electrons. The first-order chi connectivity index (χ1) is 37.4. The van der Waals surface area contributed by atoms with Gasteiger partial charge in [0.25, 0.3) is 31.7 Å². The van der Waals surface area contributed by atoms with Crippen molar-refractivity contribution in [2.75, 3.05) is 21.7 Å². The number of azo groups is 1. The fourth-order valence-corrected chi connectivity index (χ4v) is 11.0. The van der Waals surface area contributed by atoms with Crippen LogP contribution in [0.15, 0.2) is 113 Å². The number of hydrogen-bond acceptors (Lipinski definition) is 25. The molecular weight excluding hydrogens is 1270 g/mol. The van der Waals surface area contributed by atoms with Crippen molar-refractivity contribution < 1.29 is 132 Å². The van der Waals surface area contributed by atoms with Gasteiger partial charge in [0.2, 0.25) is 22.4 Å². The molecule has 0 fully saturated rings. The van der Waals surface area contributed by atoms with Gasteiger partial charge >= 0.3 is 59.1 Å². The van der Waals surface area contributed by atoms with Crippen molar-refractivity contribution in [2.45, 2.75) is 40.0 Å². The van der Waals surface area contributed by atoms with Crippen LogP contribution >= 0.6 is 58.4 Å². The minimum absolute atomic E-state index is 0. The number of pyridine rings is 1. The Bertz CT molecular complexity index is 4190. The van der Waals surface area contributed by atoms with Gasteiger partial charge in [-0.05, 0) is 91.6 Å². The number of ketones is 2. The summed E-state index contributed by atoms with van der Waals surface area (Å²) < 4.78 is 109. The molecule has 28 nitrogen and oxygen atoms in total. The van der Waals surface area contributed by atoms with E-state index in [0.29, 0.717) is 0 Å². The molecule has 0 spiro atoms. The zero-order valence-electron chi connectivity index (χ0n) is 41.8. The van der Waals surface area contributed by atoms with Gasteiger partial charge in [-0.2, -0.15) is 36.1 Å². The van der Waals surface area contributed by atoms with Crippen LogP contribution in [0.25, 0.3) is 0 Å². The number of benzene rings is 5. The maximum Gasteiger partial charge on any atom is 1.00 e. The van der Waals surface area contributed by atoms with E-state index in [4.69, 9.17) is 57.9 Å². The molecule has 1 aliphatic carbocycles. The van der Waals surface area contributed by atoms with E-state index in [-0.39, 0.29) is 160 Å². The quantitative estimate of drug-likeness (QED) is 0.0128. The molecule has 38 heteroatoms. The Morgan fingerprint density at radius 3 is 1.85 bits per heavy atom. The Labute approximate surface area is 530 Å². The number of primary amides is 1. The van der Waals surface area contributed by atoms with Crippen molar-refractivity contribution in [1.29, 1.82) is 0 Å². The molecular formula is C44H31Cl4N11Na2O17S4. The van der Waals surface area contributed by atoms with Crippen LogP contribution in [0.5, 0.6) is 5.88 Å². The first kappa shape index (κ1) is 67.4. The molecule has 0 atom stereocenters. The number of hydrogen-bond donors (Lipinski definition) is 8. The van der Waals surface area contributed by atoms with E-state index in [2.05, 4.69) is 50.5 Å². The number of rotatable bonds is 16. The summed E-state index contributed by atoms with van der Waals surface area (Å²) in [6, 6.07) is 16.3. The average Bonchev–Trinajstić information content (AvgIpc) is 2.77. The predicted octanol–water partition coefficient (Wildman–Crippen LogP) is 1.11. The number of fused-ring (bicyclic) bond motifs is 2. The van der Waals surface area contributed by atoms with Crippen molar-refractivity contribution in [1.82, 2.24) is 19.5 Å². The van der Waals surface area contributed by atoms with Crippen LogP contribution in [0.3, 0.4) is 0 Å². The van der Waals surface area contributed by atoms with Gasteiger partial charge in [-0.1, -0.05) is 47.5 Å². The number of aromatic nitrogens is 4. The van der Waals surface area contributed by atoms with Crippen molar-refractivity contribution in [3.8, 4) is 5.88 Å². The Morgan fingerprint density at radius 1 is 0.744 bits per heavy atom. The monoisotopic (exact) mass is 1300 g/mol. The van der Waals surface area contributed by atoms with E-state index in [9.17, 15) is 68.5 Å². The number of nitrogens with zero attached hydrogens (tertiary/aromatic N) is 6. The van der Waals surface area contributed by atoms with Crippen LogP contribution in [0.4, 0.5) is 51.4 Å². The summed E-state index contributed by atoms with van der Waals surface area (Å²) in [6.07, 6.45) is 0. The topological polar surface area (TPSA) is 452 Å². The van der Waals surface area contributed by atoms with Crippen LogP contribution in [0.1, 0.15) is 54.7 Å². The molecule has 0 saturated carbocycles. The van der Waals surface area contributed by atoms with E-state index in [1.807, 2.05) is 0 Å². The maximum atomic E-state index is 13.5. The van der Waals surface area contributed by atoms with Crippen molar-refractivity contribution in [2.24, 2.45) is 16.0 Å². The first-order valence-corrected chi connectivity index (χ1v) is 28.0. The van der Waals surface area contributed by atoms with Crippen LogP contribution in [-0.4, -0.2) is 81.0 Å². The van der Waals surface area contributed by atoms with E-state index >= 15 is 0 Å². The van der Waals surface area contributed by atoms with Crippen molar-refractivity contribution >= 4 is 158 Å². The molecule has 1 amide bonds. The summed E-state index contributed by atoms with van der Waals surface area (Å²) in [4.78, 5) is 60.3. The Hall–Kier alpha value is -5.41. The van der Waals surface area contributed by atoms with Gasteiger partial charge in [0.05, 0.1) is 55.7 Å². The molecule has 5 aromatic carbocycles. The molecule has 0 aliphatic heterocycles. The summed E-state index contributed by atoms with van der Waals surface area (Å²) in [6.45, 7) is 2.65. The van der Waals surface area contributed by atoms with Crippen molar-refractivity contribution in [3.63, 3.8) is 0 Å². The number of nitrogens with two attached hydrogens (primary N) is 2. The zero-order chi connectivity index (χ0) is 58.9. The molecule has 0 radical (unpaired) electrons. The number of halogens is 4. The zero-order valence-corrected chi connectivity index (χ0v) is 52.0. The average molecular weight is 1300 g/mol. The van der Waals surface area contributed by atoms with Crippen LogP contribution in [0.2, 0.25) is 20.6 Å². The van der Waals surface area contributed by atoms with Gasteiger partial charge in [0, 0.05) is 44.7 Å². The minimum Gasteiger partial charge on any atom is -0.744 e. The molecule has 1 aliphatic rings. The third-order valence-electron chi connectivity index (χ3n) is 10.9. The third kappa shape index (κ3) is 15.1. The second kappa shape index (κ2) is 27.1. The largest absolute Gasteiger partial charge is 1.00 e. The normalized spacial score (nSPS) is 12.1. The Balaban J connectivity index is 0.000000294. The molecule has 0 bridgehead atoms. The Kier molecular flexibility index (Phi) is 22.3. The summed E-state index contributed by atoms with van der Waals surface area (Å²) in [5.41, 5.74) is 7.37. The molecule has 7 aromatic rings. The molecule has 2 aromatic heterocycles. The summed E-state index contributed by atoms with van der Waals surface area (Å²) in [5.74, 6) is -3.40. The van der Waals surface area contributed by atoms with Gasteiger partial charge in [-0.25, -0.2) is 8.42 Å². The van der Waals surface area contributed by atoms with Crippen molar-refractivity contribution in [3.05, 3.63) is 143 Å². The molecule has 0 unspecified atom stereocenters. The summed E-state index contributed by atoms with van der Waals surface area (Å²) in [7, 11) is -15.0. The van der Waals surface area contributed by atoms with Gasteiger partial charge in [-0.3, -0.25) is 37.9 Å². The number of anilines is 7. The van der Waals surface area contributed by atoms with Crippen LogP contribution in [-0.2, 0) is 46.3 Å². The predicted molar refractivity (Wildman–Crippen MR) is 284 cm³/mol. The van der Waals surface area contributed by atoms with E-state index < -0.39 is 102 Å². The fourth-order valence-electron chi connectivity index (χ4n) is 7.64.